The molecule has 0 unspecified atom stereocenters. The van der Waals surface area contributed by atoms with Gasteiger partial charge in [-0.1, -0.05) is 20.3 Å². The summed E-state index contributed by atoms with van der Waals surface area (Å²) in [7, 11) is 1.65. The predicted molar refractivity (Wildman–Crippen MR) is 113 cm³/mol. The molecule has 0 radical (unpaired) electrons. The van der Waals surface area contributed by atoms with E-state index < -0.39 is 5.60 Å². The predicted octanol–water partition coefficient (Wildman–Crippen LogP) is 4.33. The molecule has 5 heteroatoms. The fourth-order valence-corrected chi connectivity index (χ4v) is 4.45. The van der Waals surface area contributed by atoms with Gasteiger partial charge in [0.2, 0.25) is 0 Å². The third kappa shape index (κ3) is 5.48. The van der Waals surface area contributed by atoms with Gasteiger partial charge in [0.1, 0.15) is 18.0 Å². The number of rotatable bonds is 7. The Morgan fingerprint density at radius 2 is 1.86 bits per heavy atom. The second-order valence-corrected chi connectivity index (χ2v) is 8.75. The lowest BCUT2D eigenvalue weighted by Gasteiger charge is -2.37. The zero-order valence-corrected chi connectivity index (χ0v) is 17.7. The van der Waals surface area contributed by atoms with E-state index in [1.807, 2.05) is 24.3 Å². The number of hydrogen-bond donors (Lipinski definition) is 1. The van der Waals surface area contributed by atoms with Gasteiger partial charge in [-0.25, -0.2) is 0 Å². The monoisotopic (exact) mass is 388 g/mol. The van der Waals surface area contributed by atoms with Gasteiger partial charge in [-0.15, -0.1) is 0 Å². The highest BCUT2D eigenvalue weighted by Crippen LogP contribution is 2.35. The Hall–Kier alpha value is -1.59. The van der Waals surface area contributed by atoms with Crippen molar-refractivity contribution in [2.45, 2.75) is 58.0 Å². The van der Waals surface area contributed by atoms with Crippen LogP contribution in [0.1, 0.15) is 52.4 Å². The van der Waals surface area contributed by atoms with Gasteiger partial charge in [0.15, 0.2) is 0 Å². The minimum absolute atomic E-state index is 0.0328. The van der Waals surface area contributed by atoms with E-state index in [0.29, 0.717) is 12.5 Å². The number of carbonyl (C=O) groups excluding carboxylic acids is 1. The molecule has 1 saturated carbocycles. The van der Waals surface area contributed by atoms with Gasteiger partial charge in [0, 0.05) is 19.3 Å². The Morgan fingerprint density at radius 1 is 1.14 bits per heavy atom. The van der Waals surface area contributed by atoms with Crippen LogP contribution in [0.25, 0.3) is 0 Å². The summed E-state index contributed by atoms with van der Waals surface area (Å²) >= 11 is 0. The van der Waals surface area contributed by atoms with Crippen molar-refractivity contribution in [3.8, 4) is 5.75 Å². The van der Waals surface area contributed by atoms with Crippen LogP contribution >= 0.6 is 0 Å². The molecule has 1 heterocycles. The van der Waals surface area contributed by atoms with E-state index in [4.69, 9.17) is 9.47 Å². The molecule has 0 spiro atoms. The van der Waals surface area contributed by atoms with Gasteiger partial charge >= 0.3 is 0 Å². The normalized spacial score (nSPS) is 26.8. The second kappa shape index (κ2) is 9.75. The highest BCUT2D eigenvalue weighted by atomic mass is 16.5. The van der Waals surface area contributed by atoms with Crippen LogP contribution in [-0.2, 0) is 9.53 Å². The van der Waals surface area contributed by atoms with E-state index in [1.165, 1.54) is 32.4 Å². The Morgan fingerprint density at radius 3 is 2.50 bits per heavy atom. The fraction of sp³-hybridized carbons (Fsp3) is 0.696. The van der Waals surface area contributed by atoms with Crippen molar-refractivity contribution >= 4 is 11.6 Å². The lowest BCUT2D eigenvalue weighted by atomic mass is 9.78. The van der Waals surface area contributed by atoms with Crippen molar-refractivity contribution < 1.29 is 14.3 Å². The molecule has 1 amide bonds. The number of hydrogen-bond acceptors (Lipinski definition) is 4. The highest BCUT2D eigenvalue weighted by molar-refractivity contribution is 5.97. The van der Waals surface area contributed by atoms with Crippen LogP contribution in [-0.4, -0.2) is 49.8 Å². The lowest BCUT2D eigenvalue weighted by molar-refractivity contribution is -0.143. The Labute approximate surface area is 169 Å². The first kappa shape index (κ1) is 21.1. The number of likely N-dealkylation sites (tertiary alicyclic amines) is 1. The molecule has 28 heavy (non-hydrogen) atoms. The maximum absolute atomic E-state index is 12.8. The maximum Gasteiger partial charge on any atom is 0.256 e. The van der Waals surface area contributed by atoms with Crippen molar-refractivity contribution in [1.29, 1.82) is 0 Å². The molecule has 0 bridgehead atoms. The highest BCUT2D eigenvalue weighted by Gasteiger charge is 2.41. The molecule has 1 N–H and O–H groups in total. The Kier molecular flexibility index (Phi) is 7.36. The molecule has 1 aromatic rings. The van der Waals surface area contributed by atoms with Crippen molar-refractivity contribution in [3.05, 3.63) is 24.3 Å². The zero-order valence-electron chi connectivity index (χ0n) is 17.7. The summed E-state index contributed by atoms with van der Waals surface area (Å²) in [4.78, 5) is 15.3. The summed E-state index contributed by atoms with van der Waals surface area (Å²) in [6.07, 6.45) is 6.35. The third-order valence-corrected chi connectivity index (χ3v) is 6.42. The van der Waals surface area contributed by atoms with Gasteiger partial charge < -0.3 is 14.8 Å². The number of ether oxygens (including phenoxy) is 2. The van der Waals surface area contributed by atoms with E-state index in [-0.39, 0.29) is 5.91 Å². The van der Waals surface area contributed by atoms with Gasteiger partial charge in [0.05, 0.1) is 0 Å². The largest absolute Gasteiger partial charge is 0.492 e. The Bertz CT molecular complexity index is 625. The minimum atomic E-state index is -0.696. The van der Waals surface area contributed by atoms with E-state index >= 15 is 0 Å². The van der Waals surface area contributed by atoms with E-state index in [2.05, 4.69) is 24.1 Å². The van der Waals surface area contributed by atoms with E-state index in [0.717, 1.165) is 43.2 Å². The molecule has 1 saturated heterocycles. The number of piperidine rings is 1. The van der Waals surface area contributed by atoms with Crippen LogP contribution in [0.15, 0.2) is 24.3 Å². The number of methoxy groups -OCH3 is 1. The van der Waals surface area contributed by atoms with E-state index in [1.54, 1.807) is 7.11 Å². The molecule has 1 aliphatic heterocycles. The summed E-state index contributed by atoms with van der Waals surface area (Å²) in [5.74, 6) is 2.18. The van der Waals surface area contributed by atoms with Crippen molar-refractivity contribution in [2.24, 2.45) is 11.8 Å². The van der Waals surface area contributed by atoms with Crippen LogP contribution in [0.4, 0.5) is 5.69 Å². The van der Waals surface area contributed by atoms with Crippen molar-refractivity contribution in [1.82, 2.24) is 4.90 Å². The lowest BCUT2D eigenvalue weighted by Crippen LogP contribution is -2.47. The summed E-state index contributed by atoms with van der Waals surface area (Å²) < 4.78 is 11.6. The van der Waals surface area contributed by atoms with Crippen LogP contribution in [0, 0.1) is 11.8 Å². The zero-order chi connectivity index (χ0) is 20.0. The van der Waals surface area contributed by atoms with Crippen molar-refractivity contribution in [2.75, 3.05) is 38.7 Å². The SMILES string of the molecule is CO[C@]1(C(=O)Nc2ccc(OCCN3CCC(C)CC3)cc2)CCC[C@H](C)C1. The molecule has 0 aromatic heterocycles. The molecular formula is C23H36N2O3. The van der Waals surface area contributed by atoms with Crippen LogP contribution in [0.3, 0.4) is 0 Å². The third-order valence-electron chi connectivity index (χ3n) is 6.42. The summed E-state index contributed by atoms with van der Waals surface area (Å²) in [6.45, 7) is 8.55. The number of amides is 1. The number of anilines is 1. The molecular weight excluding hydrogens is 352 g/mol. The topological polar surface area (TPSA) is 50.8 Å². The molecule has 2 atom stereocenters. The number of carbonyl (C=O) groups is 1. The van der Waals surface area contributed by atoms with Crippen LogP contribution in [0.5, 0.6) is 5.75 Å². The van der Waals surface area contributed by atoms with Gasteiger partial charge in [0.25, 0.3) is 5.91 Å². The average Bonchev–Trinajstić information content (AvgIpc) is 2.70. The minimum Gasteiger partial charge on any atom is -0.492 e. The standard InChI is InChI=1S/C23H36N2O3/c1-18-10-13-25(14-11-18)15-16-28-21-8-6-20(7-9-21)24-22(26)23(27-3)12-4-5-19(2)17-23/h6-9,18-19H,4-5,10-17H2,1-3H3,(H,24,26)/t19-,23+/m0/s1. The number of nitrogens with one attached hydrogen (secondary N) is 1. The van der Waals surface area contributed by atoms with Crippen LogP contribution in [0.2, 0.25) is 0 Å². The first-order chi connectivity index (χ1) is 13.5. The number of benzene rings is 1. The summed E-state index contributed by atoms with van der Waals surface area (Å²) in [5.41, 5.74) is 0.0933. The molecule has 1 aromatic carbocycles. The first-order valence-corrected chi connectivity index (χ1v) is 10.8. The van der Waals surface area contributed by atoms with Gasteiger partial charge in [-0.3, -0.25) is 9.69 Å². The maximum atomic E-state index is 12.8. The molecule has 1 aliphatic carbocycles. The molecule has 3 rings (SSSR count). The smallest absolute Gasteiger partial charge is 0.256 e. The van der Waals surface area contributed by atoms with Crippen molar-refractivity contribution in [3.63, 3.8) is 0 Å². The molecule has 156 valence electrons. The fourth-order valence-electron chi connectivity index (χ4n) is 4.45. The summed E-state index contributed by atoms with van der Waals surface area (Å²) in [5, 5.41) is 3.04. The van der Waals surface area contributed by atoms with Crippen LogP contribution < -0.4 is 10.1 Å². The second-order valence-electron chi connectivity index (χ2n) is 8.75. The average molecular weight is 389 g/mol. The number of nitrogens with zero attached hydrogens (tertiary/aromatic N) is 1. The molecule has 5 nitrogen and oxygen atoms in total. The first-order valence-electron chi connectivity index (χ1n) is 10.8. The molecule has 2 fully saturated rings. The molecule has 2 aliphatic rings. The van der Waals surface area contributed by atoms with Gasteiger partial charge in [-0.2, -0.15) is 0 Å². The Balaban J connectivity index is 1.46. The quantitative estimate of drug-likeness (QED) is 0.755. The van der Waals surface area contributed by atoms with E-state index in [9.17, 15) is 4.79 Å². The van der Waals surface area contributed by atoms with Gasteiger partial charge in [-0.05, 0) is 81.3 Å². The summed E-state index contributed by atoms with van der Waals surface area (Å²) in [6, 6.07) is 7.67.